The second-order valence-corrected chi connectivity index (χ2v) is 2.59. The highest BCUT2D eigenvalue weighted by atomic mass is 16.4. The summed E-state index contributed by atoms with van der Waals surface area (Å²) in [5.41, 5.74) is 0.742. The van der Waals surface area contributed by atoms with Gasteiger partial charge in [0, 0.05) is 0 Å². The molecule has 1 aromatic heterocycles. The highest BCUT2D eigenvalue weighted by Crippen LogP contribution is 2.18. The summed E-state index contributed by atoms with van der Waals surface area (Å²) in [6, 6.07) is 9.16. The van der Waals surface area contributed by atoms with Gasteiger partial charge in [0.25, 0.3) is 0 Å². The molecule has 13 heavy (non-hydrogen) atoms. The van der Waals surface area contributed by atoms with Gasteiger partial charge in [0.15, 0.2) is 6.10 Å². The molecule has 1 unspecified atom stereocenters. The first kappa shape index (κ1) is 7.94. The third-order valence-corrected chi connectivity index (χ3v) is 1.73. The van der Waals surface area contributed by atoms with Crippen LogP contribution in [0.4, 0.5) is 0 Å². The largest absolute Gasteiger partial charge is 0.425 e. The molecule has 0 aliphatic rings. The Morgan fingerprint density at radius 3 is 2.62 bits per heavy atom. The topological polar surface area (TPSA) is 59.2 Å². The minimum atomic E-state index is -0.830. The molecule has 1 heterocycles. The molecule has 4 nitrogen and oxygen atoms in total. The Morgan fingerprint density at radius 2 is 2.00 bits per heavy atom. The molecule has 0 aliphatic heterocycles. The van der Waals surface area contributed by atoms with Crippen LogP contribution in [0.15, 0.2) is 41.1 Å². The zero-order chi connectivity index (χ0) is 9.10. The number of aliphatic hydroxyl groups is 1. The molecule has 1 N–H and O–H groups in total. The van der Waals surface area contributed by atoms with E-state index in [4.69, 9.17) is 4.42 Å². The maximum atomic E-state index is 9.68. The Hall–Kier alpha value is -1.68. The van der Waals surface area contributed by atoms with Crippen molar-refractivity contribution < 1.29 is 9.52 Å². The van der Waals surface area contributed by atoms with Crippen molar-refractivity contribution in [3.05, 3.63) is 48.2 Å². The quantitative estimate of drug-likeness (QED) is 0.745. The van der Waals surface area contributed by atoms with Crippen LogP contribution in [-0.4, -0.2) is 15.3 Å². The zero-order valence-electron chi connectivity index (χ0n) is 6.79. The van der Waals surface area contributed by atoms with E-state index >= 15 is 0 Å². The van der Waals surface area contributed by atoms with Gasteiger partial charge in [0.1, 0.15) is 0 Å². The number of aromatic nitrogens is 2. The summed E-state index contributed by atoms with van der Waals surface area (Å²) in [6.45, 7) is 0. The van der Waals surface area contributed by atoms with Gasteiger partial charge in [-0.1, -0.05) is 30.3 Å². The minimum absolute atomic E-state index is 0.214. The van der Waals surface area contributed by atoms with Crippen molar-refractivity contribution in [2.45, 2.75) is 6.10 Å². The van der Waals surface area contributed by atoms with Gasteiger partial charge in [-0.25, -0.2) is 0 Å². The van der Waals surface area contributed by atoms with Crippen molar-refractivity contribution in [2.75, 3.05) is 0 Å². The molecule has 0 saturated carbocycles. The normalized spacial score (nSPS) is 12.7. The van der Waals surface area contributed by atoms with Crippen LogP contribution in [0.5, 0.6) is 0 Å². The van der Waals surface area contributed by atoms with E-state index in [0.717, 1.165) is 5.56 Å². The van der Waals surface area contributed by atoms with E-state index in [-0.39, 0.29) is 5.89 Å². The number of nitrogens with zero attached hydrogens (tertiary/aromatic N) is 2. The summed E-state index contributed by atoms with van der Waals surface area (Å²) >= 11 is 0. The Labute approximate surface area is 74.8 Å². The average Bonchev–Trinajstić information content (AvgIpc) is 2.71. The Morgan fingerprint density at radius 1 is 1.23 bits per heavy atom. The number of hydrogen-bond donors (Lipinski definition) is 1. The van der Waals surface area contributed by atoms with Crippen molar-refractivity contribution in [3.63, 3.8) is 0 Å². The molecule has 2 aromatic rings. The summed E-state index contributed by atoms with van der Waals surface area (Å²) in [4.78, 5) is 0. The fourth-order valence-corrected chi connectivity index (χ4v) is 1.08. The van der Waals surface area contributed by atoms with E-state index < -0.39 is 6.10 Å². The molecule has 0 amide bonds. The molecule has 2 rings (SSSR count). The Kier molecular flexibility index (Phi) is 2.06. The average molecular weight is 176 g/mol. The lowest BCUT2D eigenvalue weighted by molar-refractivity contribution is 0.182. The van der Waals surface area contributed by atoms with Gasteiger partial charge in [-0.3, -0.25) is 0 Å². The van der Waals surface area contributed by atoms with Crippen LogP contribution in [0, 0.1) is 0 Å². The van der Waals surface area contributed by atoms with E-state index in [9.17, 15) is 5.11 Å². The number of hydrogen-bond acceptors (Lipinski definition) is 4. The smallest absolute Gasteiger partial charge is 0.249 e. The van der Waals surface area contributed by atoms with E-state index in [0.29, 0.717) is 0 Å². The summed E-state index contributed by atoms with van der Waals surface area (Å²) in [6.07, 6.45) is 0.366. The molecule has 0 radical (unpaired) electrons. The van der Waals surface area contributed by atoms with E-state index in [1.807, 2.05) is 18.2 Å². The fourth-order valence-electron chi connectivity index (χ4n) is 1.08. The molecule has 66 valence electrons. The summed E-state index contributed by atoms with van der Waals surface area (Å²) in [7, 11) is 0. The van der Waals surface area contributed by atoms with Crippen LogP contribution < -0.4 is 0 Å². The highest BCUT2D eigenvalue weighted by Gasteiger charge is 2.14. The highest BCUT2D eigenvalue weighted by molar-refractivity contribution is 5.20. The third kappa shape index (κ3) is 1.57. The second kappa shape index (κ2) is 3.37. The maximum absolute atomic E-state index is 9.68. The van der Waals surface area contributed by atoms with Crippen LogP contribution in [-0.2, 0) is 0 Å². The minimum Gasteiger partial charge on any atom is -0.425 e. The van der Waals surface area contributed by atoms with Gasteiger partial charge >= 0.3 is 0 Å². The Bertz CT molecular complexity index is 358. The van der Waals surface area contributed by atoms with Crippen LogP contribution >= 0.6 is 0 Å². The molecule has 0 aliphatic carbocycles. The van der Waals surface area contributed by atoms with Crippen LogP contribution in [0.3, 0.4) is 0 Å². The van der Waals surface area contributed by atoms with Crippen molar-refractivity contribution in [3.8, 4) is 0 Å². The molecular formula is C9H8N2O2. The molecule has 4 heteroatoms. The van der Waals surface area contributed by atoms with Crippen molar-refractivity contribution in [2.24, 2.45) is 0 Å². The first-order chi connectivity index (χ1) is 6.38. The third-order valence-electron chi connectivity index (χ3n) is 1.73. The van der Waals surface area contributed by atoms with Gasteiger partial charge in [0.05, 0.1) is 0 Å². The molecular weight excluding hydrogens is 168 g/mol. The lowest BCUT2D eigenvalue weighted by Crippen LogP contribution is -1.99. The lowest BCUT2D eigenvalue weighted by Gasteiger charge is -2.04. The first-order valence-electron chi connectivity index (χ1n) is 3.87. The van der Waals surface area contributed by atoms with Crippen LogP contribution in [0.25, 0.3) is 0 Å². The van der Waals surface area contributed by atoms with E-state index in [1.54, 1.807) is 12.1 Å². The second-order valence-electron chi connectivity index (χ2n) is 2.59. The standard InChI is InChI=1S/C9H8N2O2/c12-8(9-11-10-6-13-9)7-4-2-1-3-5-7/h1-6,8,12H. The molecule has 0 spiro atoms. The number of aliphatic hydroxyl groups excluding tert-OH is 1. The lowest BCUT2D eigenvalue weighted by atomic mass is 10.1. The van der Waals surface area contributed by atoms with Crippen LogP contribution in [0.1, 0.15) is 17.6 Å². The van der Waals surface area contributed by atoms with Crippen molar-refractivity contribution in [1.29, 1.82) is 0 Å². The number of benzene rings is 1. The van der Waals surface area contributed by atoms with E-state index in [2.05, 4.69) is 10.2 Å². The predicted molar refractivity (Wildman–Crippen MR) is 44.8 cm³/mol. The van der Waals surface area contributed by atoms with Crippen LogP contribution in [0.2, 0.25) is 0 Å². The zero-order valence-corrected chi connectivity index (χ0v) is 6.79. The van der Waals surface area contributed by atoms with Gasteiger partial charge in [-0.05, 0) is 5.56 Å². The van der Waals surface area contributed by atoms with Gasteiger partial charge in [-0.2, -0.15) is 0 Å². The molecule has 0 fully saturated rings. The fraction of sp³-hybridized carbons (Fsp3) is 0.111. The summed E-state index contributed by atoms with van der Waals surface area (Å²) in [5, 5.41) is 16.8. The maximum Gasteiger partial charge on any atom is 0.249 e. The molecule has 1 atom stereocenters. The molecule has 0 bridgehead atoms. The molecule has 1 aromatic carbocycles. The molecule has 0 saturated heterocycles. The first-order valence-corrected chi connectivity index (χ1v) is 3.87. The van der Waals surface area contributed by atoms with Crippen molar-refractivity contribution >= 4 is 0 Å². The van der Waals surface area contributed by atoms with Gasteiger partial charge < -0.3 is 9.52 Å². The summed E-state index contributed by atoms with van der Waals surface area (Å²) in [5.74, 6) is 0.214. The predicted octanol–water partition coefficient (Wildman–Crippen LogP) is 1.15. The van der Waals surface area contributed by atoms with Gasteiger partial charge in [-0.15, -0.1) is 10.2 Å². The van der Waals surface area contributed by atoms with E-state index in [1.165, 1.54) is 6.39 Å². The van der Waals surface area contributed by atoms with Gasteiger partial charge in [0.2, 0.25) is 12.3 Å². The number of rotatable bonds is 2. The summed E-state index contributed by atoms with van der Waals surface area (Å²) < 4.78 is 4.88. The monoisotopic (exact) mass is 176 g/mol. The van der Waals surface area contributed by atoms with Crippen molar-refractivity contribution in [1.82, 2.24) is 10.2 Å². The Balaban J connectivity index is 2.29. The SMILES string of the molecule is OC(c1ccccc1)c1nnco1.